The Kier molecular flexibility index (Phi) is 5.27. The number of hydrogen-bond acceptors (Lipinski definition) is 6. The topological polar surface area (TPSA) is 74.8 Å². The van der Waals surface area contributed by atoms with E-state index in [1.54, 1.807) is 12.1 Å². The predicted molar refractivity (Wildman–Crippen MR) is 113 cm³/mol. The van der Waals surface area contributed by atoms with Crippen LogP contribution in [0.5, 0.6) is 5.75 Å². The summed E-state index contributed by atoms with van der Waals surface area (Å²) in [6.45, 7) is 6.63. The van der Waals surface area contributed by atoms with Crippen molar-refractivity contribution < 1.29 is 13.2 Å². The largest absolute Gasteiger partial charge is 0.487 e. The van der Waals surface area contributed by atoms with Crippen LogP contribution >= 0.6 is 0 Å². The Morgan fingerprint density at radius 1 is 1.10 bits per heavy atom. The van der Waals surface area contributed by atoms with Crippen molar-refractivity contribution >= 4 is 15.8 Å². The lowest BCUT2D eigenvalue weighted by molar-refractivity contribution is 0.0758. The minimum absolute atomic E-state index is 0.0440. The third-order valence-corrected chi connectivity index (χ3v) is 7.42. The van der Waals surface area contributed by atoms with Crippen molar-refractivity contribution in [2.45, 2.75) is 36.8 Å². The van der Waals surface area contributed by atoms with Gasteiger partial charge in [-0.25, -0.2) is 13.4 Å². The number of sulfonamides is 1. The van der Waals surface area contributed by atoms with E-state index >= 15 is 0 Å². The highest BCUT2D eigenvalue weighted by Crippen LogP contribution is 2.40. The van der Waals surface area contributed by atoms with E-state index in [1.165, 1.54) is 10.5 Å². The van der Waals surface area contributed by atoms with Gasteiger partial charge in [-0.1, -0.05) is 18.2 Å². The number of para-hydroxylation sites is 1. The van der Waals surface area contributed by atoms with Gasteiger partial charge in [-0.3, -0.25) is 0 Å². The molecule has 4 rings (SSSR count). The summed E-state index contributed by atoms with van der Waals surface area (Å²) in [5, 5.41) is 3.45. The van der Waals surface area contributed by atoms with E-state index in [9.17, 15) is 8.42 Å². The van der Waals surface area contributed by atoms with Crippen molar-refractivity contribution in [3.05, 3.63) is 48.2 Å². The molecular weight excluding hydrogens is 388 g/mol. The second-order valence-electron chi connectivity index (χ2n) is 8.39. The Morgan fingerprint density at radius 2 is 1.83 bits per heavy atom. The molecular formula is C21H28N4O3S. The van der Waals surface area contributed by atoms with E-state index in [4.69, 9.17) is 4.74 Å². The lowest BCUT2D eigenvalue weighted by atomic mass is 9.90. The van der Waals surface area contributed by atoms with Crippen LogP contribution in [0.3, 0.4) is 0 Å². The number of piperazine rings is 1. The Morgan fingerprint density at radius 3 is 2.52 bits per heavy atom. The maximum Gasteiger partial charge on any atom is 0.244 e. The molecule has 2 aliphatic heterocycles. The van der Waals surface area contributed by atoms with Crippen LogP contribution in [0.15, 0.2) is 47.5 Å². The minimum Gasteiger partial charge on any atom is -0.487 e. The summed E-state index contributed by atoms with van der Waals surface area (Å²) >= 11 is 0. The number of rotatable bonds is 4. The third kappa shape index (κ3) is 4.24. The van der Waals surface area contributed by atoms with Gasteiger partial charge >= 0.3 is 0 Å². The molecule has 0 bridgehead atoms. The first-order chi connectivity index (χ1) is 13.7. The van der Waals surface area contributed by atoms with Crippen LogP contribution in [0.2, 0.25) is 0 Å². The van der Waals surface area contributed by atoms with E-state index in [0.29, 0.717) is 18.9 Å². The molecule has 1 atom stereocenters. The summed E-state index contributed by atoms with van der Waals surface area (Å²) in [4.78, 5) is 6.77. The summed E-state index contributed by atoms with van der Waals surface area (Å²) in [6, 6.07) is 11.4. The zero-order valence-corrected chi connectivity index (χ0v) is 17.9. The van der Waals surface area contributed by atoms with Crippen molar-refractivity contribution in [3.8, 4) is 5.75 Å². The molecule has 8 heteroatoms. The standard InChI is InChI=1S/C21H28N4O3S/c1-21(2)14-18(17-6-4-5-7-19(17)28-21)23-20-9-8-16(15-22-20)29(26,27)25-12-10-24(3)11-13-25/h4-9,15,18H,10-14H2,1-3H3,(H,22,23). The molecule has 0 radical (unpaired) electrons. The quantitative estimate of drug-likeness (QED) is 0.826. The number of nitrogens with zero attached hydrogens (tertiary/aromatic N) is 3. The number of likely N-dealkylation sites (N-methyl/N-ethyl adjacent to an activating group) is 1. The molecule has 29 heavy (non-hydrogen) atoms. The molecule has 3 heterocycles. The Balaban J connectivity index is 1.52. The minimum atomic E-state index is -3.51. The second-order valence-corrected chi connectivity index (χ2v) is 10.3. The molecule has 2 aliphatic rings. The summed E-state index contributed by atoms with van der Waals surface area (Å²) < 4.78 is 33.4. The molecule has 156 valence electrons. The number of pyridine rings is 1. The maximum atomic E-state index is 12.9. The fourth-order valence-corrected chi connectivity index (χ4v) is 5.27. The first-order valence-electron chi connectivity index (χ1n) is 9.94. The molecule has 1 fully saturated rings. The monoisotopic (exact) mass is 416 g/mol. The van der Waals surface area contributed by atoms with E-state index in [2.05, 4.69) is 35.1 Å². The smallest absolute Gasteiger partial charge is 0.244 e. The summed E-state index contributed by atoms with van der Waals surface area (Å²) in [5.74, 6) is 1.52. The van der Waals surface area contributed by atoms with Crippen LogP contribution in [0.4, 0.5) is 5.82 Å². The van der Waals surface area contributed by atoms with Crippen LogP contribution in [-0.2, 0) is 10.0 Å². The van der Waals surface area contributed by atoms with Crippen molar-refractivity contribution in [3.63, 3.8) is 0 Å². The molecule has 0 spiro atoms. The number of aromatic nitrogens is 1. The van der Waals surface area contributed by atoms with Gasteiger partial charge in [-0.2, -0.15) is 4.31 Å². The second kappa shape index (κ2) is 7.59. The van der Waals surface area contributed by atoms with Gasteiger partial charge in [-0.15, -0.1) is 0 Å². The number of benzene rings is 1. The lowest BCUT2D eigenvalue weighted by Gasteiger charge is -2.38. The predicted octanol–water partition coefficient (Wildman–Crippen LogP) is 2.73. The first kappa shape index (κ1) is 20.1. The average molecular weight is 417 g/mol. The van der Waals surface area contributed by atoms with E-state index in [0.717, 1.165) is 30.8 Å². The molecule has 1 aromatic heterocycles. The number of nitrogens with one attached hydrogen (secondary N) is 1. The van der Waals surface area contributed by atoms with Crippen molar-refractivity contribution in [1.82, 2.24) is 14.2 Å². The van der Waals surface area contributed by atoms with Crippen molar-refractivity contribution in [2.75, 3.05) is 38.5 Å². The molecule has 0 aliphatic carbocycles. The van der Waals surface area contributed by atoms with Crippen LogP contribution in [0, 0.1) is 0 Å². The molecule has 0 amide bonds. The highest BCUT2D eigenvalue weighted by Gasteiger charge is 2.34. The Labute approximate surface area is 172 Å². The van der Waals surface area contributed by atoms with E-state index in [-0.39, 0.29) is 16.5 Å². The SMILES string of the molecule is CN1CCN(S(=O)(=O)c2ccc(NC3CC(C)(C)Oc4ccccc43)nc2)CC1. The molecule has 2 aromatic rings. The van der Waals surface area contributed by atoms with Gasteiger partial charge in [0.25, 0.3) is 0 Å². The molecule has 1 saturated heterocycles. The van der Waals surface area contributed by atoms with Gasteiger partial charge in [0.15, 0.2) is 0 Å². The van der Waals surface area contributed by atoms with Gasteiger partial charge in [0.1, 0.15) is 22.1 Å². The summed E-state index contributed by atoms with van der Waals surface area (Å²) in [6.07, 6.45) is 2.24. The summed E-state index contributed by atoms with van der Waals surface area (Å²) in [5.41, 5.74) is 0.791. The van der Waals surface area contributed by atoms with Gasteiger partial charge in [0.2, 0.25) is 10.0 Å². The highest BCUT2D eigenvalue weighted by atomic mass is 32.2. The van der Waals surface area contributed by atoms with Crippen LogP contribution < -0.4 is 10.1 Å². The van der Waals surface area contributed by atoms with Gasteiger partial charge in [0, 0.05) is 44.4 Å². The zero-order valence-electron chi connectivity index (χ0n) is 17.1. The Bertz CT molecular complexity index is 968. The average Bonchev–Trinajstić information content (AvgIpc) is 2.68. The lowest BCUT2D eigenvalue weighted by Crippen LogP contribution is -2.47. The van der Waals surface area contributed by atoms with Gasteiger partial charge < -0.3 is 15.0 Å². The van der Waals surface area contributed by atoms with Crippen LogP contribution in [0.25, 0.3) is 0 Å². The molecule has 1 N–H and O–H groups in total. The summed E-state index contributed by atoms with van der Waals surface area (Å²) in [7, 11) is -1.50. The normalized spacial score (nSPS) is 22.5. The van der Waals surface area contributed by atoms with Crippen molar-refractivity contribution in [2.24, 2.45) is 0 Å². The van der Waals surface area contributed by atoms with E-state index < -0.39 is 10.0 Å². The molecule has 1 unspecified atom stereocenters. The fraction of sp³-hybridized carbons (Fsp3) is 0.476. The highest BCUT2D eigenvalue weighted by molar-refractivity contribution is 7.89. The number of ether oxygens (including phenoxy) is 1. The maximum absolute atomic E-state index is 12.9. The van der Waals surface area contributed by atoms with E-state index in [1.807, 2.05) is 25.2 Å². The molecule has 0 saturated carbocycles. The first-order valence-corrected chi connectivity index (χ1v) is 11.4. The number of anilines is 1. The third-order valence-electron chi connectivity index (χ3n) is 5.53. The van der Waals surface area contributed by atoms with Crippen molar-refractivity contribution in [1.29, 1.82) is 0 Å². The molecule has 7 nitrogen and oxygen atoms in total. The van der Waals surface area contributed by atoms with Crippen LogP contribution in [-0.4, -0.2) is 61.4 Å². The van der Waals surface area contributed by atoms with Gasteiger partial charge in [-0.05, 0) is 39.1 Å². The zero-order chi connectivity index (χ0) is 20.6. The molecule has 1 aromatic carbocycles. The van der Waals surface area contributed by atoms with Gasteiger partial charge in [0.05, 0.1) is 6.04 Å². The fourth-order valence-electron chi connectivity index (χ4n) is 3.91. The Hall–Kier alpha value is -2.16. The van der Waals surface area contributed by atoms with Crippen LogP contribution in [0.1, 0.15) is 31.9 Å². The number of hydrogen-bond donors (Lipinski definition) is 1. The number of fused-ring (bicyclic) bond motifs is 1.